The molecule has 0 radical (unpaired) electrons. The van der Waals surface area contributed by atoms with Gasteiger partial charge in [-0.3, -0.25) is 4.90 Å². The molecule has 1 aliphatic carbocycles. The van der Waals surface area contributed by atoms with E-state index in [0.717, 1.165) is 31.6 Å². The molecule has 0 spiro atoms. The number of benzene rings is 2. The van der Waals surface area contributed by atoms with E-state index in [1.165, 1.54) is 17.7 Å². The van der Waals surface area contributed by atoms with Crippen LogP contribution in [-0.2, 0) is 6.54 Å². The van der Waals surface area contributed by atoms with Crippen molar-refractivity contribution in [3.8, 4) is 0 Å². The average molecular weight is 374 g/mol. The van der Waals surface area contributed by atoms with E-state index in [4.69, 9.17) is 0 Å². The van der Waals surface area contributed by atoms with Crippen molar-refractivity contribution in [3.63, 3.8) is 0 Å². The maximum absolute atomic E-state index is 15.1. The standard InChI is InChI=1S/C22H25F3N2/c23-19-7-6-17(12-20(19)24)18-13-21(18)26-15-22(25)8-10-27(11-9-22)14-16-4-2-1-3-5-16/h1-7,12,18,21,26H,8-11,13-15H2. The van der Waals surface area contributed by atoms with Gasteiger partial charge in [-0.25, -0.2) is 13.2 Å². The van der Waals surface area contributed by atoms with E-state index in [1.807, 2.05) is 18.2 Å². The highest BCUT2D eigenvalue weighted by Crippen LogP contribution is 2.41. The van der Waals surface area contributed by atoms with Gasteiger partial charge >= 0.3 is 0 Å². The lowest BCUT2D eigenvalue weighted by molar-refractivity contribution is 0.0544. The molecule has 2 unspecified atom stereocenters. The normalized spacial score (nSPS) is 24.7. The number of alkyl halides is 1. The Morgan fingerprint density at radius 3 is 2.44 bits per heavy atom. The fourth-order valence-corrected chi connectivity index (χ4v) is 3.98. The Hall–Kier alpha value is -1.85. The molecule has 27 heavy (non-hydrogen) atoms. The molecule has 2 aromatic rings. The van der Waals surface area contributed by atoms with Gasteiger partial charge in [0, 0.05) is 38.1 Å². The molecule has 1 N–H and O–H groups in total. The van der Waals surface area contributed by atoms with Crippen LogP contribution in [0, 0.1) is 11.6 Å². The zero-order chi connectivity index (χ0) is 18.9. The second kappa shape index (κ2) is 7.64. The molecule has 1 aliphatic heterocycles. The lowest BCUT2D eigenvalue weighted by Crippen LogP contribution is -2.47. The van der Waals surface area contributed by atoms with Gasteiger partial charge in [-0.1, -0.05) is 36.4 Å². The molecule has 1 saturated carbocycles. The highest BCUT2D eigenvalue weighted by Gasteiger charge is 2.41. The van der Waals surface area contributed by atoms with E-state index in [-0.39, 0.29) is 12.0 Å². The molecule has 2 nitrogen and oxygen atoms in total. The molecule has 2 aliphatic rings. The molecule has 2 atom stereocenters. The summed E-state index contributed by atoms with van der Waals surface area (Å²) in [5.41, 5.74) is 0.861. The molecule has 0 aromatic heterocycles. The Balaban J connectivity index is 1.23. The monoisotopic (exact) mass is 374 g/mol. The van der Waals surface area contributed by atoms with Crippen molar-refractivity contribution < 1.29 is 13.2 Å². The van der Waals surface area contributed by atoms with Crippen LogP contribution >= 0.6 is 0 Å². The molecule has 0 amide bonds. The van der Waals surface area contributed by atoms with E-state index in [9.17, 15) is 8.78 Å². The number of rotatable bonds is 6. The number of nitrogens with one attached hydrogen (secondary N) is 1. The van der Waals surface area contributed by atoms with Crippen LogP contribution in [0.1, 0.15) is 36.3 Å². The molecule has 4 rings (SSSR count). The third-order valence-corrected chi connectivity index (χ3v) is 5.84. The molecule has 5 heteroatoms. The third-order valence-electron chi connectivity index (χ3n) is 5.84. The number of halogens is 3. The Morgan fingerprint density at radius 2 is 1.74 bits per heavy atom. The van der Waals surface area contributed by atoms with Crippen LogP contribution in [0.3, 0.4) is 0 Å². The summed E-state index contributed by atoms with van der Waals surface area (Å²) in [5, 5.41) is 3.30. The van der Waals surface area contributed by atoms with Crippen LogP contribution in [0.15, 0.2) is 48.5 Å². The predicted octanol–water partition coefficient (Wildman–Crippen LogP) is 4.41. The van der Waals surface area contributed by atoms with Gasteiger partial charge in [0.15, 0.2) is 11.6 Å². The SMILES string of the molecule is Fc1ccc(C2CC2NCC2(F)CCN(Cc3ccccc3)CC2)cc1F. The van der Waals surface area contributed by atoms with Gasteiger partial charge in [0.05, 0.1) is 0 Å². The highest BCUT2D eigenvalue weighted by molar-refractivity contribution is 5.29. The zero-order valence-electron chi connectivity index (χ0n) is 15.3. The van der Waals surface area contributed by atoms with E-state index < -0.39 is 17.3 Å². The van der Waals surface area contributed by atoms with Gasteiger partial charge in [0.25, 0.3) is 0 Å². The summed E-state index contributed by atoms with van der Waals surface area (Å²) in [6.07, 6.45) is 1.89. The summed E-state index contributed by atoms with van der Waals surface area (Å²) in [6, 6.07) is 14.5. The maximum atomic E-state index is 15.1. The molecule has 144 valence electrons. The second-order valence-corrected chi connectivity index (χ2v) is 7.92. The second-order valence-electron chi connectivity index (χ2n) is 7.92. The highest BCUT2D eigenvalue weighted by atomic mass is 19.2. The van der Waals surface area contributed by atoms with E-state index >= 15 is 4.39 Å². The zero-order valence-corrected chi connectivity index (χ0v) is 15.3. The predicted molar refractivity (Wildman–Crippen MR) is 100 cm³/mol. The van der Waals surface area contributed by atoms with Gasteiger partial charge in [-0.05, 0) is 42.5 Å². The first-order valence-electron chi connectivity index (χ1n) is 9.66. The first-order chi connectivity index (χ1) is 13.0. The lowest BCUT2D eigenvalue weighted by atomic mass is 9.93. The molecular weight excluding hydrogens is 349 g/mol. The summed E-state index contributed by atoms with van der Waals surface area (Å²) in [4.78, 5) is 2.30. The molecule has 1 heterocycles. The van der Waals surface area contributed by atoms with Crippen LogP contribution in [-0.4, -0.2) is 36.2 Å². The molecule has 2 fully saturated rings. The Morgan fingerprint density at radius 1 is 1.00 bits per heavy atom. The van der Waals surface area contributed by atoms with Crippen molar-refractivity contribution in [2.45, 2.75) is 43.4 Å². The fraction of sp³-hybridized carbons (Fsp3) is 0.455. The summed E-state index contributed by atoms with van der Waals surface area (Å²) < 4.78 is 41.5. The number of piperidine rings is 1. The largest absolute Gasteiger partial charge is 0.310 e. The van der Waals surface area contributed by atoms with Crippen LogP contribution in [0.25, 0.3) is 0 Å². The van der Waals surface area contributed by atoms with Crippen molar-refractivity contribution in [1.29, 1.82) is 0 Å². The maximum Gasteiger partial charge on any atom is 0.159 e. The molecular formula is C22H25F3N2. The first kappa shape index (κ1) is 18.5. The van der Waals surface area contributed by atoms with Gasteiger partial charge in [-0.2, -0.15) is 0 Å². The van der Waals surface area contributed by atoms with Crippen molar-refractivity contribution in [2.24, 2.45) is 0 Å². The van der Waals surface area contributed by atoms with Crippen LogP contribution in [0.5, 0.6) is 0 Å². The Labute approximate surface area is 158 Å². The van der Waals surface area contributed by atoms with Crippen LogP contribution < -0.4 is 5.32 Å². The summed E-state index contributed by atoms with van der Waals surface area (Å²) >= 11 is 0. The van der Waals surface area contributed by atoms with E-state index in [0.29, 0.717) is 19.4 Å². The third kappa shape index (κ3) is 4.53. The fourth-order valence-electron chi connectivity index (χ4n) is 3.98. The Kier molecular flexibility index (Phi) is 5.24. The number of hydrogen-bond acceptors (Lipinski definition) is 2. The summed E-state index contributed by atoms with van der Waals surface area (Å²) in [7, 11) is 0. The number of hydrogen-bond donors (Lipinski definition) is 1. The van der Waals surface area contributed by atoms with E-state index in [1.54, 1.807) is 6.07 Å². The lowest BCUT2D eigenvalue weighted by Gasteiger charge is -2.36. The van der Waals surface area contributed by atoms with Gasteiger partial charge in [0.2, 0.25) is 0 Å². The minimum absolute atomic E-state index is 0.155. The van der Waals surface area contributed by atoms with Crippen molar-refractivity contribution >= 4 is 0 Å². The summed E-state index contributed by atoms with van der Waals surface area (Å²) in [6.45, 7) is 2.71. The minimum Gasteiger partial charge on any atom is -0.310 e. The van der Waals surface area contributed by atoms with Crippen molar-refractivity contribution in [3.05, 3.63) is 71.3 Å². The number of nitrogens with zero attached hydrogens (tertiary/aromatic N) is 1. The summed E-state index contributed by atoms with van der Waals surface area (Å²) in [5.74, 6) is -1.48. The van der Waals surface area contributed by atoms with Crippen molar-refractivity contribution in [2.75, 3.05) is 19.6 Å². The van der Waals surface area contributed by atoms with Gasteiger partial charge in [0.1, 0.15) is 5.67 Å². The van der Waals surface area contributed by atoms with Crippen molar-refractivity contribution in [1.82, 2.24) is 10.2 Å². The van der Waals surface area contributed by atoms with Gasteiger partial charge < -0.3 is 5.32 Å². The molecule has 0 bridgehead atoms. The van der Waals surface area contributed by atoms with E-state index in [2.05, 4.69) is 22.3 Å². The smallest absolute Gasteiger partial charge is 0.159 e. The Bertz CT molecular complexity index is 772. The topological polar surface area (TPSA) is 15.3 Å². The molecule has 1 saturated heterocycles. The number of likely N-dealkylation sites (tertiary alicyclic amines) is 1. The molecule has 2 aromatic carbocycles. The van der Waals surface area contributed by atoms with Gasteiger partial charge in [-0.15, -0.1) is 0 Å². The van der Waals surface area contributed by atoms with Crippen LogP contribution in [0.4, 0.5) is 13.2 Å². The van der Waals surface area contributed by atoms with Crippen LogP contribution in [0.2, 0.25) is 0 Å². The first-order valence-corrected chi connectivity index (χ1v) is 9.66. The minimum atomic E-state index is -1.19. The quantitative estimate of drug-likeness (QED) is 0.806. The average Bonchev–Trinajstić information content (AvgIpc) is 3.45.